The minimum atomic E-state index is -0.499. The Bertz CT molecular complexity index is 6340. The molecule has 0 saturated carbocycles. The molecule has 103 heavy (non-hydrogen) atoms. The lowest BCUT2D eigenvalue weighted by molar-refractivity contribution is 0.668. The first kappa shape index (κ1) is 60.2. The maximum absolute atomic E-state index is 6.74. The molecule has 2 unspecified atom stereocenters. The van der Waals surface area contributed by atoms with Gasteiger partial charge >= 0.3 is 0 Å². The van der Waals surface area contributed by atoms with Gasteiger partial charge in [-0.1, -0.05) is 307 Å². The largest absolute Gasteiger partial charge is 0.455 e. The fourth-order valence-electron chi connectivity index (χ4n) is 17.4. The molecule has 0 radical (unpaired) electrons. The molecular weight excluding hydrogens is 1320 g/mol. The Morgan fingerprint density at radius 2 is 0.602 bits per heavy atom. The summed E-state index contributed by atoms with van der Waals surface area (Å²) >= 11 is 3.76. The van der Waals surface area contributed by atoms with E-state index in [0.29, 0.717) is 0 Å². The van der Waals surface area contributed by atoms with Gasteiger partial charge in [0.2, 0.25) is 0 Å². The monoisotopic (exact) mass is 1380 g/mol. The van der Waals surface area contributed by atoms with Gasteiger partial charge in [0.05, 0.1) is 10.8 Å². The number of benzene rings is 16. The first-order valence-corrected chi connectivity index (χ1v) is 36.0. The lowest BCUT2D eigenvalue weighted by Crippen LogP contribution is -2.26. The van der Waals surface area contributed by atoms with Crippen molar-refractivity contribution in [2.45, 2.75) is 10.8 Å². The van der Waals surface area contributed by atoms with E-state index in [9.17, 15) is 0 Å². The van der Waals surface area contributed by atoms with Crippen LogP contribution < -0.4 is 10.2 Å². The second-order valence-electron chi connectivity index (χ2n) is 27.0. The molecule has 18 aromatic rings. The molecule has 16 aromatic carbocycles. The van der Waals surface area contributed by atoms with Crippen molar-refractivity contribution in [2.75, 3.05) is 10.2 Å². The number of hydrogen-bond acceptors (Lipinski definition) is 4. The molecule has 2 heterocycles. The Morgan fingerprint density at radius 1 is 0.243 bits per heavy atom. The minimum Gasteiger partial charge on any atom is -0.455 e. The Labute approximate surface area is 605 Å². The molecule has 2 aromatic heterocycles. The van der Waals surface area contributed by atoms with Crippen molar-refractivity contribution in [1.82, 2.24) is 0 Å². The highest BCUT2D eigenvalue weighted by Gasteiger charge is 2.54. The molecule has 22 rings (SSSR count). The summed E-state index contributed by atoms with van der Waals surface area (Å²) < 4.78 is 14.4. The lowest BCUT2D eigenvalue weighted by Gasteiger charge is -2.32. The number of para-hydroxylation sites is 4. The number of hydrogen-bond donors (Lipinski definition) is 1. The molecular formula is C98H63BrN2O2. The van der Waals surface area contributed by atoms with E-state index in [1.54, 1.807) is 0 Å². The predicted octanol–water partition coefficient (Wildman–Crippen LogP) is 26.9. The number of fused-ring (bicyclic) bond motifs is 28. The van der Waals surface area contributed by atoms with Gasteiger partial charge in [-0.2, -0.15) is 0 Å². The van der Waals surface area contributed by atoms with Gasteiger partial charge in [0.15, 0.2) is 0 Å². The third kappa shape index (κ3) is 9.36. The van der Waals surface area contributed by atoms with Crippen LogP contribution in [0.1, 0.15) is 44.5 Å². The zero-order valence-corrected chi connectivity index (χ0v) is 57.5. The highest BCUT2D eigenvalue weighted by molar-refractivity contribution is 9.10. The average Bonchev–Trinajstić information content (AvgIpc) is 1.51. The number of rotatable bonds is 7. The standard InChI is InChI=1S/C49H31NO.C31H17BrO.C18H15N/c1-3-13-32(14-4-1)33-23-25-35(26-24-33)50(34-15-5-2-6-16-34)36-27-28-38-37-17-7-10-20-42(37)49(45(38)31-36)43-21-11-8-19-41(43)47-44(49)30-29-40-39-18-9-12-22-46(39)51-48(40)47;32-18-13-14-20-19-7-1-4-10-24(19)31(27(20)17-18)25-11-5-2-9-23(25)29-26(31)16-15-22-21-8-3-6-12-28(21)33-30(22)29;1-3-7-15(8-4-1)16-11-13-18(14-12-16)19-17-9-5-2-6-10-17/h1-31H;1-17H;1-14,19H. The predicted molar refractivity (Wildman–Crippen MR) is 429 cm³/mol. The van der Waals surface area contributed by atoms with Crippen LogP contribution >= 0.6 is 15.9 Å². The molecule has 4 aliphatic carbocycles. The number of anilines is 5. The van der Waals surface area contributed by atoms with Gasteiger partial charge in [0.25, 0.3) is 0 Å². The van der Waals surface area contributed by atoms with Crippen LogP contribution in [0.15, 0.2) is 389 Å². The summed E-state index contributed by atoms with van der Waals surface area (Å²) in [4.78, 5) is 2.38. The van der Waals surface area contributed by atoms with E-state index in [-0.39, 0.29) is 5.41 Å². The molecule has 484 valence electrons. The van der Waals surface area contributed by atoms with E-state index >= 15 is 0 Å². The molecule has 4 aliphatic rings. The highest BCUT2D eigenvalue weighted by atomic mass is 79.9. The van der Waals surface area contributed by atoms with Crippen LogP contribution in [0.2, 0.25) is 0 Å². The Kier molecular flexibility index (Phi) is 14.2. The first-order valence-electron chi connectivity index (χ1n) is 35.2. The van der Waals surface area contributed by atoms with Crippen LogP contribution in [0.25, 0.3) is 111 Å². The maximum atomic E-state index is 6.74. The number of nitrogens with one attached hydrogen (secondary N) is 1. The summed E-state index contributed by atoms with van der Waals surface area (Å²) in [5.74, 6) is 0. The van der Waals surface area contributed by atoms with Crippen LogP contribution in [0, 0.1) is 0 Å². The summed E-state index contributed by atoms with van der Waals surface area (Å²) in [5, 5.41) is 8.04. The Morgan fingerprint density at radius 3 is 1.12 bits per heavy atom. The fourth-order valence-corrected chi connectivity index (χ4v) is 17.8. The molecule has 0 bridgehead atoms. The van der Waals surface area contributed by atoms with Crippen molar-refractivity contribution in [3.63, 3.8) is 0 Å². The van der Waals surface area contributed by atoms with Gasteiger partial charge in [-0.15, -0.1) is 0 Å². The normalized spacial score (nSPS) is 14.9. The topological polar surface area (TPSA) is 41.6 Å². The third-order valence-electron chi connectivity index (χ3n) is 21.7. The first-order chi connectivity index (χ1) is 51.0. The summed E-state index contributed by atoms with van der Waals surface area (Å²) in [6.45, 7) is 0. The zero-order valence-electron chi connectivity index (χ0n) is 55.9. The molecule has 0 aliphatic heterocycles. The van der Waals surface area contributed by atoms with E-state index in [0.717, 1.165) is 66.0 Å². The van der Waals surface area contributed by atoms with Crippen molar-refractivity contribution in [3.8, 4) is 66.8 Å². The molecule has 4 nitrogen and oxygen atoms in total. The van der Waals surface area contributed by atoms with Gasteiger partial charge in [-0.3, -0.25) is 0 Å². The molecule has 1 N–H and O–H groups in total. The van der Waals surface area contributed by atoms with E-state index in [4.69, 9.17) is 8.83 Å². The van der Waals surface area contributed by atoms with Crippen LogP contribution in [0.5, 0.6) is 0 Å². The van der Waals surface area contributed by atoms with Gasteiger partial charge < -0.3 is 19.1 Å². The Hall–Kier alpha value is -12.8. The SMILES string of the molecule is Brc1ccc2c(c1)C1(c3ccccc3-2)c2ccccc2-c2c1ccc1c2oc2ccccc21.c1ccc(-c2ccc(N(c3ccccc3)c3ccc4c(c3)C3(c5ccccc5-4)c4ccccc4-c4c3ccc3c4oc4ccccc43)cc2)cc1.c1ccc(Nc2ccc(-c3ccccc3)cc2)cc1. The molecule has 5 heteroatoms. The van der Waals surface area contributed by atoms with E-state index in [1.807, 2.05) is 30.3 Å². The van der Waals surface area contributed by atoms with Crippen LogP contribution in [-0.2, 0) is 10.8 Å². The van der Waals surface area contributed by atoms with Crippen molar-refractivity contribution in [1.29, 1.82) is 0 Å². The van der Waals surface area contributed by atoms with Crippen molar-refractivity contribution in [2.24, 2.45) is 0 Å². The number of halogens is 1. The van der Waals surface area contributed by atoms with Crippen LogP contribution in [-0.4, -0.2) is 0 Å². The lowest BCUT2D eigenvalue weighted by atomic mass is 9.70. The zero-order chi connectivity index (χ0) is 68.2. The average molecular weight is 1380 g/mol. The van der Waals surface area contributed by atoms with Gasteiger partial charge in [-0.05, 0) is 185 Å². The fraction of sp³-hybridized carbons (Fsp3) is 0.0204. The molecule has 2 atom stereocenters. The van der Waals surface area contributed by atoms with Gasteiger partial charge in [0.1, 0.15) is 22.3 Å². The van der Waals surface area contributed by atoms with E-state index in [1.165, 1.54) is 122 Å². The molecule has 0 fully saturated rings. The minimum absolute atomic E-state index is 0.352. The summed E-state index contributed by atoms with van der Waals surface area (Å²) in [6, 6.07) is 135. The maximum Gasteiger partial charge on any atom is 0.143 e. The summed E-state index contributed by atoms with van der Waals surface area (Å²) in [5.41, 5.74) is 34.0. The highest BCUT2D eigenvalue weighted by Crippen LogP contribution is 2.67. The Balaban J connectivity index is 0.000000116. The molecule has 0 amide bonds. The summed E-state index contributed by atoms with van der Waals surface area (Å²) in [7, 11) is 0. The van der Waals surface area contributed by atoms with Crippen molar-refractivity contribution < 1.29 is 8.83 Å². The second-order valence-corrected chi connectivity index (χ2v) is 28.0. The molecule has 0 saturated heterocycles. The molecule has 2 spiro atoms. The quantitative estimate of drug-likeness (QED) is 0.173. The smallest absolute Gasteiger partial charge is 0.143 e. The van der Waals surface area contributed by atoms with Crippen molar-refractivity contribution in [3.05, 3.63) is 425 Å². The summed E-state index contributed by atoms with van der Waals surface area (Å²) in [6.07, 6.45) is 0. The van der Waals surface area contributed by atoms with E-state index in [2.05, 4.69) is 372 Å². The third-order valence-corrected chi connectivity index (χ3v) is 22.2. The van der Waals surface area contributed by atoms with Gasteiger partial charge in [-0.25, -0.2) is 0 Å². The second kappa shape index (κ2) is 24.2. The number of nitrogens with zero attached hydrogens (tertiary/aromatic N) is 1. The van der Waals surface area contributed by atoms with Gasteiger partial charge in [0, 0.05) is 65.6 Å². The van der Waals surface area contributed by atoms with Crippen LogP contribution in [0.4, 0.5) is 28.4 Å². The van der Waals surface area contributed by atoms with Crippen LogP contribution in [0.3, 0.4) is 0 Å². The van der Waals surface area contributed by atoms with Crippen molar-refractivity contribution >= 4 is 88.2 Å². The van der Waals surface area contributed by atoms with E-state index < -0.39 is 5.41 Å². The number of furan rings is 2.